The molecule has 1 aliphatic heterocycles. The standard InChI is InChI=1S/C13H22N2O2S/c1-8-13(17)15(9(2)12(16)14-8)10-5-4-6-11(7-10)18-3/h8-11H,4-7H2,1-3H3,(H,14,16). The first-order valence-electron chi connectivity index (χ1n) is 6.70. The van der Waals surface area contributed by atoms with Gasteiger partial charge in [0.15, 0.2) is 0 Å². The molecule has 1 N–H and O–H groups in total. The minimum Gasteiger partial charge on any atom is -0.343 e. The first-order valence-corrected chi connectivity index (χ1v) is 7.98. The molecule has 2 fully saturated rings. The highest BCUT2D eigenvalue weighted by molar-refractivity contribution is 7.99. The van der Waals surface area contributed by atoms with Gasteiger partial charge in [0.25, 0.3) is 0 Å². The fourth-order valence-electron chi connectivity index (χ4n) is 3.02. The van der Waals surface area contributed by atoms with Crippen LogP contribution >= 0.6 is 11.8 Å². The van der Waals surface area contributed by atoms with Gasteiger partial charge in [-0.05, 0) is 39.4 Å². The minimum absolute atomic E-state index is 0.0200. The molecule has 1 aliphatic carbocycles. The molecule has 0 aromatic heterocycles. The summed E-state index contributed by atoms with van der Waals surface area (Å²) in [5, 5.41) is 3.37. The van der Waals surface area contributed by atoms with Crippen LogP contribution in [0, 0.1) is 0 Å². The average molecular weight is 270 g/mol. The molecule has 5 heteroatoms. The molecule has 18 heavy (non-hydrogen) atoms. The molecular weight excluding hydrogens is 248 g/mol. The van der Waals surface area contributed by atoms with Crippen molar-refractivity contribution >= 4 is 23.6 Å². The smallest absolute Gasteiger partial charge is 0.245 e. The predicted molar refractivity (Wildman–Crippen MR) is 73.5 cm³/mol. The van der Waals surface area contributed by atoms with Gasteiger partial charge in [0.1, 0.15) is 12.1 Å². The molecule has 0 bridgehead atoms. The summed E-state index contributed by atoms with van der Waals surface area (Å²) in [6.07, 6.45) is 6.58. The summed E-state index contributed by atoms with van der Waals surface area (Å²) in [6, 6.07) is -0.449. The quantitative estimate of drug-likeness (QED) is 0.825. The second kappa shape index (κ2) is 5.51. The van der Waals surface area contributed by atoms with Crippen LogP contribution in [0.1, 0.15) is 39.5 Å². The summed E-state index contributed by atoms with van der Waals surface area (Å²) in [5.41, 5.74) is 0. The Morgan fingerprint density at radius 3 is 2.67 bits per heavy atom. The van der Waals surface area contributed by atoms with Crippen molar-refractivity contribution in [2.24, 2.45) is 0 Å². The van der Waals surface area contributed by atoms with Crippen molar-refractivity contribution < 1.29 is 9.59 Å². The predicted octanol–water partition coefficient (Wildman–Crippen LogP) is 1.40. The number of thioether (sulfide) groups is 1. The summed E-state index contributed by atoms with van der Waals surface area (Å²) in [4.78, 5) is 26.0. The average Bonchev–Trinajstić information content (AvgIpc) is 2.37. The van der Waals surface area contributed by atoms with Crippen LogP contribution in [0.2, 0.25) is 0 Å². The van der Waals surface area contributed by atoms with E-state index in [1.165, 1.54) is 6.42 Å². The number of hydrogen-bond acceptors (Lipinski definition) is 3. The summed E-state index contributed by atoms with van der Waals surface area (Å²) < 4.78 is 0. The van der Waals surface area contributed by atoms with Crippen LogP contribution in [0.25, 0.3) is 0 Å². The summed E-state index contributed by atoms with van der Waals surface area (Å²) >= 11 is 1.88. The number of carbonyl (C=O) groups is 2. The molecule has 1 heterocycles. The maximum absolute atomic E-state index is 12.3. The number of piperazine rings is 1. The number of rotatable bonds is 2. The third-order valence-electron chi connectivity index (χ3n) is 4.11. The van der Waals surface area contributed by atoms with Crippen LogP contribution in [-0.2, 0) is 9.59 Å². The zero-order chi connectivity index (χ0) is 13.3. The first-order chi connectivity index (χ1) is 8.54. The van der Waals surface area contributed by atoms with Crippen molar-refractivity contribution in [1.82, 2.24) is 10.2 Å². The Hall–Kier alpha value is -0.710. The van der Waals surface area contributed by atoms with Gasteiger partial charge in [0, 0.05) is 11.3 Å². The third-order valence-corrected chi connectivity index (χ3v) is 5.20. The zero-order valence-electron chi connectivity index (χ0n) is 11.3. The molecule has 4 nitrogen and oxygen atoms in total. The molecule has 4 unspecified atom stereocenters. The van der Waals surface area contributed by atoms with E-state index in [1.54, 1.807) is 6.92 Å². The Labute approximate surface area is 113 Å². The first kappa shape index (κ1) is 13.7. The van der Waals surface area contributed by atoms with E-state index in [9.17, 15) is 9.59 Å². The molecule has 0 spiro atoms. The monoisotopic (exact) mass is 270 g/mol. The van der Waals surface area contributed by atoms with Gasteiger partial charge in [-0.15, -0.1) is 0 Å². The van der Waals surface area contributed by atoms with E-state index in [0.717, 1.165) is 19.3 Å². The maximum Gasteiger partial charge on any atom is 0.245 e. The third kappa shape index (κ3) is 2.51. The maximum atomic E-state index is 12.3. The minimum atomic E-state index is -0.372. The van der Waals surface area contributed by atoms with Gasteiger partial charge in [-0.3, -0.25) is 9.59 Å². The van der Waals surface area contributed by atoms with Gasteiger partial charge in [-0.25, -0.2) is 0 Å². The second-order valence-corrected chi connectivity index (χ2v) is 6.47. The molecule has 102 valence electrons. The fraction of sp³-hybridized carbons (Fsp3) is 0.846. The van der Waals surface area contributed by atoms with Crippen LogP contribution < -0.4 is 5.32 Å². The van der Waals surface area contributed by atoms with Gasteiger partial charge < -0.3 is 10.2 Å². The fourth-order valence-corrected chi connectivity index (χ4v) is 3.84. The highest BCUT2D eigenvalue weighted by Gasteiger charge is 2.40. The van der Waals surface area contributed by atoms with Crippen molar-refractivity contribution in [3.63, 3.8) is 0 Å². The summed E-state index contributed by atoms with van der Waals surface area (Å²) in [7, 11) is 0. The van der Waals surface area contributed by atoms with Crippen LogP contribution in [0.15, 0.2) is 0 Å². The molecule has 1 saturated heterocycles. The second-order valence-electron chi connectivity index (χ2n) is 5.33. The highest BCUT2D eigenvalue weighted by atomic mass is 32.2. The van der Waals surface area contributed by atoms with E-state index in [1.807, 2.05) is 23.6 Å². The number of amides is 2. The molecule has 4 atom stereocenters. The van der Waals surface area contributed by atoms with E-state index in [2.05, 4.69) is 11.6 Å². The van der Waals surface area contributed by atoms with Gasteiger partial charge in [-0.2, -0.15) is 11.8 Å². The topological polar surface area (TPSA) is 49.4 Å². The molecule has 2 aliphatic rings. The molecule has 2 rings (SSSR count). The zero-order valence-corrected chi connectivity index (χ0v) is 12.1. The van der Waals surface area contributed by atoms with Crippen molar-refractivity contribution in [2.45, 2.75) is 62.9 Å². The van der Waals surface area contributed by atoms with Crippen LogP contribution in [0.5, 0.6) is 0 Å². The van der Waals surface area contributed by atoms with Crippen LogP contribution in [0.3, 0.4) is 0 Å². The van der Waals surface area contributed by atoms with Crippen molar-refractivity contribution in [2.75, 3.05) is 6.26 Å². The Balaban J connectivity index is 2.13. The summed E-state index contributed by atoms with van der Waals surface area (Å²) in [6.45, 7) is 3.61. The van der Waals surface area contributed by atoms with Crippen molar-refractivity contribution in [1.29, 1.82) is 0 Å². The Morgan fingerprint density at radius 1 is 1.28 bits per heavy atom. The van der Waals surface area contributed by atoms with Gasteiger partial charge >= 0.3 is 0 Å². The number of hydrogen-bond donors (Lipinski definition) is 1. The van der Waals surface area contributed by atoms with Crippen molar-refractivity contribution in [3.8, 4) is 0 Å². The van der Waals surface area contributed by atoms with E-state index < -0.39 is 0 Å². The van der Waals surface area contributed by atoms with Crippen molar-refractivity contribution in [3.05, 3.63) is 0 Å². The lowest BCUT2D eigenvalue weighted by Gasteiger charge is -2.44. The van der Waals surface area contributed by atoms with Crippen LogP contribution in [0.4, 0.5) is 0 Å². The summed E-state index contributed by atoms with van der Waals surface area (Å²) in [5.74, 6) is 0.0576. The van der Waals surface area contributed by atoms with E-state index in [-0.39, 0.29) is 29.9 Å². The lowest BCUT2D eigenvalue weighted by Crippen LogP contribution is -2.64. The molecule has 0 aromatic carbocycles. The van der Waals surface area contributed by atoms with E-state index in [4.69, 9.17) is 0 Å². The molecule has 0 aromatic rings. The van der Waals surface area contributed by atoms with Gasteiger partial charge in [-0.1, -0.05) is 6.42 Å². The lowest BCUT2D eigenvalue weighted by molar-refractivity contribution is -0.151. The van der Waals surface area contributed by atoms with E-state index in [0.29, 0.717) is 5.25 Å². The normalized spacial score (nSPS) is 37.6. The SMILES string of the molecule is CSC1CCCC(N2C(=O)C(C)NC(=O)C2C)C1. The largest absolute Gasteiger partial charge is 0.343 e. The van der Waals surface area contributed by atoms with Crippen LogP contribution in [-0.4, -0.2) is 46.3 Å². The Morgan fingerprint density at radius 2 is 2.00 bits per heavy atom. The molecule has 0 radical (unpaired) electrons. The molecular formula is C13H22N2O2S. The molecule has 1 saturated carbocycles. The van der Waals surface area contributed by atoms with Gasteiger partial charge in [0.05, 0.1) is 0 Å². The number of nitrogens with one attached hydrogen (secondary N) is 1. The number of nitrogens with zero attached hydrogens (tertiary/aromatic N) is 1. The Kier molecular flexibility index (Phi) is 4.20. The molecule has 2 amide bonds. The van der Waals surface area contributed by atoms with E-state index >= 15 is 0 Å². The lowest BCUT2D eigenvalue weighted by atomic mass is 9.91. The highest BCUT2D eigenvalue weighted by Crippen LogP contribution is 2.31. The Bertz CT molecular complexity index is 348. The number of carbonyl (C=O) groups excluding carboxylic acids is 2. The van der Waals surface area contributed by atoms with Gasteiger partial charge in [0.2, 0.25) is 11.8 Å².